The van der Waals surface area contributed by atoms with Crippen LogP contribution in [0.15, 0.2) is 10.9 Å². The minimum atomic E-state index is -2.84. The van der Waals surface area contributed by atoms with E-state index >= 15 is 0 Å². The smallest absolute Gasteiger partial charge is 0.284 e. The van der Waals surface area contributed by atoms with E-state index in [0.717, 1.165) is 6.07 Å². The highest BCUT2D eigenvalue weighted by molar-refractivity contribution is 6.17. The van der Waals surface area contributed by atoms with Crippen LogP contribution in [-0.2, 0) is 5.88 Å². The van der Waals surface area contributed by atoms with Gasteiger partial charge in [0.15, 0.2) is 5.82 Å². The van der Waals surface area contributed by atoms with Gasteiger partial charge in [0, 0.05) is 5.56 Å². The van der Waals surface area contributed by atoms with Crippen molar-refractivity contribution in [1.82, 2.24) is 4.98 Å². The van der Waals surface area contributed by atoms with Crippen LogP contribution in [0.3, 0.4) is 0 Å². The number of H-pyrrole nitrogens is 1. The highest BCUT2D eigenvalue weighted by atomic mass is 35.5. The van der Waals surface area contributed by atoms with Crippen molar-refractivity contribution in [1.29, 1.82) is 0 Å². The Balaban J connectivity index is 3.31. The van der Waals surface area contributed by atoms with E-state index < -0.39 is 23.5 Å². The van der Waals surface area contributed by atoms with Crippen LogP contribution in [-0.4, -0.2) is 4.98 Å². The molecule has 0 aromatic carbocycles. The van der Waals surface area contributed by atoms with Crippen molar-refractivity contribution >= 4 is 11.6 Å². The SMILES string of the molecule is O=c1[nH]c(C(F)F)cc(CCl)c1F. The molecule has 0 amide bonds. The van der Waals surface area contributed by atoms with Crippen LogP contribution in [0, 0.1) is 5.82 Å². The Morgan fingerprint density at radius 2 is 2.15 bits per heavy atom. The molecule has 1 aromatic heterocycles. The predicted octanol–water partition coefficient (Wildman–Crippen LogP) is 2.19. The lowest BCUT2D eigenvalue weighted by Crippen LogP contribution is -2.15. The number of aromatic amines is 1. The van der Waals surface area contributed by atoms with Crippen LogP contribution in [0.2, 0.25) is 0 Å². The topological polar surface area (TPSA) is 32.9 Å². The molecule has 0 aliphatic rings. The van der Waals surface area contributed by atoms with Crippen molar-refractivity contribution in [3.05, 3.63) is 33.5 Å². The first-order chi connectivity index (χ1) is 6.06. The summed E-state index contributed by atoms with van der Waals surface area (Å²) in [6, 6.07) is 0.842. The van der Waals surface area contributed by atoms with Gasteiger partial charge in [-0.25, -0.2) is 13.2 Å². The highest BCUT2D eigenvalue weighted by Crippen LogP contribution is 2.17. The Kier molecular flexibility index (Phi) is 2.98. The summed E-state index contributed by atoms with van der Waals surface area (Å²) in [5, 5.41) is 0. The average molecular weight is 212 g/mol. The predicted molar refractivity (Wildman–Crippen MR) is 41.5 cm³/mol. The first-order valence-electron chi connectivity index (χ1n) is 3.32. The molecule has 0 spiro atoms. The first kappa shape index (κ1) is 10.1. The van der Waals surface area contributed by atoms with Gasteiger partial charge in [-0.15, -0.1) is 11.6 Å². The van der Waals surface area contributed by atoms with E-state index in [4.69, 9.17) is 11.6 Å². The molecule has 6 heteroatoms. The molecule has 0 saturated heterocycles. The van der Waals surface area contributed by atoms with Gasteiger partial charge in [0.1, 0.15) is 0 Å². The molecule has 1 heterocycles. The monoisotopic (exact) mass is 211 g/mol. The van der Waals surface area contributed by atoms with Crippen LogP contribution < -0.4 is 5.56 Å². The van der Waals surface area contributed by atoms with Crippen LogP contribution in [0.4, 0.5) is 13.2 Å². The van der Waals surface area contributed by atoms with Crippen molar-refractivity contribution in [3.8, 4) is 0 Å². The number of halogens is 4. The number of hydrogen-bond acceptors (Lipinski definition) is 1. The van der Waals surface area contributed by atoms with E-state index in [1.165, 1.54) is 0 Å². The second-order valence-corrected chi connectivity index (χ2v) is 2.59. The fourth-order valence-corrected chi connectivity index (χ4v) is 1.03. The van der Waals surface area contributed by atoms with E-state index in [1.807, 2.05) is 0 Å². The Hall–Kier alpha value is -0.970. The van der Waals surface area contributed by atoms with E-state index in [0.29, 0.717) is 0 Å². The molecule has 72 valence electrons. The summed E-state index contributed by atoms with van der Waals surface area (Å²) in [6.07, 6.45) is -2.84. The molecule has 2 nitrogen and oxygen atoms in total. The van der Waals surface area contributed by atoms with Gasteiger partial charge in [-0.05, 0) is 6.07 Å². The summed E-state index contributed by atoms with van der Waals surface area (Å²) in [7, 11) is 0. The number of rotatable bonds is 2. The van der Waals surface area contributed by atoms with Crippen molar-refractivity contribution in [2.75, 3.05) is 0 Å². The van der Waals surface area contributed by atoms with Crippen molar-refractivity contribution in [2.45, 2.75) is 12.3 Å². The molecule has 0 radical (unpaired) electrons. The molecule has 1 N–H and O–H groups in total. The van der Waals surface area contributed by atoms with Gasteiger partial charge in [0.05, 0.1) is 11.6 Å². The van der Waals surface area contributed by atoms with Gasteiger partial charge in [-0.1, -0.05) is 0 Å². The molecule has 0 fully saturated rings. The van der Waals surface area contributed by atoms with E-state index in [2.05, 4.69) is 0 Å². The largest absolute Gasteiger partial charge is 0.319 e. The maximum atomic E-state index is 12.8. The zero-order valence-corrected chi connectivity index (χ0v) is 7.04. The molecule has 0 unspecified atom stereocenters. The van der Waals surface area contributed by atoms with Gasteiger partial charge in [0.25, 0.3) is 12.0 Å². The fraction of sp³-hybridized carbons (Fsp3) is 0.286. The number of alkyl halides is 3. The highest BCUT2D eigenvalue weighted by Gasteiger charge is 2.13. The second-order valence-electron chi connectivity index (χ2n) is 2.33. The zero-order chi connectivity index (χ0) is 10.0. The van der Waals surface area contributed by atoms with Crippen molar-refractivity contribution < 1.29 is 13.2 Å². The molecule has 13 heavy (non-hydrogen) atoms. The minimum absolute atomic E-state index is 0.222. The minimum Gasteiger partial charge on any atom is -0.319 e. The molecule has 0 aliphatic heterocycles. The Morgan fingerprint density at radius 3 is 2.62 bits per heavy atom. The van der Waals surface area contributed by atoms with Crippen LogP contribution in [0.25, 0.3) is 0 Å². The van der Waals surface area contributed by atoms with E-state index in [-0.39, 0.29) is 11.4 Å². The molecule has 1 rings (SSSR count). The van der Waals surface area contributed by atoms with Gasteiger partial charge in [-0.3, -0.25) is 4.79 Å². The Morgan fingerprint density at radius 1 is 1.54 bits per heavy atom. The lowest BCUT2D eigenvalue weighted by atomic mass is 10.2. The Labute approximate surface area is 76.3 Å². The standard InChI is InChI=1S/C7H5ClF3NO/c8-2-3-1-4(6(10)11)12-7(13)5(3)9/h1,6H,2H2,(H,12,13). The quantitative estimate of drug-likeness (QED) is 0.748. The third-order valence-electron chi connectivity index (χ3n) is 1.45. The fourth-order valence-electron chi connectivity index (χ4n) is 0.834. The molecular formula is C7H5ClF3NO. The summed E-state index contributed by atoms with van der Waals surface area (Å²) >= 11 is 5.24. The number of pyridine rings is 1. The number of aromatic nitrogens is 1. The average Bonchev–Trinajstić information content (AvgIpc) is 2.09. The lowest BCUT2D eigenvalue weighted by molar-refractivity contribution is 0.145. The third kappa shape index (κ3) is 2.03. The maximum absolute atomic E-state index is 12.8. The summed E-state index contributed by atoms with van der Waals surface area (Å²) in [5.74, 6) is -1.42. The molecule has 0 bridgehead atoms. The van der Waals surface area contributed by atoms with E-state index in [9.17, 15) is 18.0 Å². The van der Waals surface area contributed by atoms with Gasteiger partial charge < -0.3 is 4.98 Å². The molecular weight excluding hydrogens is 207 g/mol. The molecule has 0 aliphatic carbocycles. The number of nitrogens with one attached hydrogen (secondary N) is 1. The lowest BCUT2D eigenvalue weighted by Gasteiger charge is -2.02. The van der Waals surface area contributed by atoms with Gasteiger partial charge in [0.2, 0.25) is 0 Å². The molecule has 1 aromatic rings. The summed E-state index contributed by atoms with van der Waals surface area (Å²) in [6.45, 7) is 0. The van der Waals surface area contributed by atoms with Crippen molar-refractivity contribution in [2.24, 2.45) is 0 Å². The zero-order valence-electron chi connectivity index (χ0n) is 6.28. The maximum Gasteiger partial charge on any atom is 0.284 e. The summed E-state index contributed by atoms with van der Waals surface area (Å²) < 4.78 is 36.9. The Bertz CT molecular complexity index is 363. The van der Waals surface area contributed by atoms with Crippen LogP contribution in [0.1, 0.15) is 17.7 Å². The molecule has 0 saturated carbocycles. The van der Waals surface area contributed by atoms with Crippen molar-refractivity contribution in [3.63, 3.8) is 0 Å². The number of hydrogen-bond donors (Lipinski definition) is 1. The first-order valence-corrected chi connectivity index (χ1v) is 3.85. The van der Waals surface area contributed by atoms with Crippen LogP contribution in [0.5, 0.6) is 0 Å². The normalized spacial score (nSPS) is 10.8. The van der Waals surface area contributed by atoms with Crippen LogP contribution >= 0.6 is 11.6 Å². The van der Waals surface area contributed by atoms with Gasteiger partial charge >= 0.3 is 0 Å². The summed E-state index contributed by atoms with van der Waals surface area (Å²) in [4.78, 5) is 12.4. The third-order valence-corrected chi connectivity index (χ3v) is 1.74. The second kappa shape index (κ2) is 3.83. The molecule has 0 atom stereocenters. The van der Waals surface area contributed by atoms with E-state index in [1.54, 1.807) is 4.98 Å². The summed E-state index contributed by atoms with van der Waals surface area (Å²) in [5.41, 5.74) is -2.02. The van der Waals surface area contributed by atoms with Gasteiger partial charge in [-0.2, -0.15) is 0 Å².